The number of hydroxylamine groups is 1. The Morgan fingerprint density at radius 1 is 0.848 bits per heavy atom. The van der Waals surface area contributed by atoms with E-state index in [2.05, 4.69) is 20.9 Å². The van der Waals surface area contributed by atoms with Crippen molar-refractivity contribution in [3.63, 3.8) is 0 Å². The molecule has 0 radical (unpaired) electrons. The number of rotatable bonds is 3. The lowest BCUT2D eigenvalue weighted by molar-refractivity contribution is -0.126. The number of para-hydroxylation sites is 2. The molecule has 2 aliphatic heterocycles. The number of nitrogens with zero attached hydrogens (tertiary/aromatic N) is 2. The fourth-order valence-electron chi connectivity index (χ4n) is 5.03. The van der Waals surface area contributed by atoms with Crippen LogP contribution in [0.15, 0.2) is 83.3 Å². The van der Waals surface area contributed by atoms with Crippen molar-refractivity contribution < 1.29 is 14.4 Å². The highest BCUT2D eigenvalue weighted by molar-refractivity contribution is 9.10. The number of carbonyl (C=O) groups excluding carboxylic acids is 2. The van der Waals surface area contributed by atoms with Crippen molar-refractivity contribution in [3.05, 3.63) is 94.6 Å². The summed E-state index contributed by atoms with van der Waals surface area (Å²) >= 11 is 3.41. The van der Waals surface area contributed by atoms with Crippen molar-refractivity contribution in [3.8, 4) is 0 Å². The predicted octanol–water partition coefficient (Wildman–Crippen LogP) is 5.29. The molecule has 0 spiro atoms. The van der Waals surface area contributed by atoms with E-state index in [0.717, 1.165) is 32.3 Å². The van der Waals surface area contributed by atoms with E-state index in [1.807, 2.05) is 73.7 Å². The van der Waals surface area contributed by atoms with Gasteiger partial charge in [0.15, 0.2) is 6.10 Å². The highest BCUT2D eigenvalue weighted by atomic mass is 79.9. The minimum absolute atomic E-state index is 0.250. The Labute approximate surface area is 198 Å². The first-order valence-electron chi connectivity index (χ1n) is 10.8. The van der Waals surface area contributed by atoms with E-state index in [1.165, 1.54) is 4.90 Å². The second-order valence-corrected chi connectivity index (χ2v) is 9.27. The number of anilines is 2. The van der Waals surface area contributed by atoms with Crippen LogP contribution in [-0.2, 0) is 14.4 Å². The zero-order valence-electron chi connectivity index (χ0n) is 17.7. The topological polar surface area (TPSA) is 65.6 Å². The first kappa shape index (κ1) is 20.2. The van der Waals surface area contributed by atoms with Gasteiger partial charge in [0.25, 0.3) is 5.91 Å². The molecule has 1 aromatic heterocycles. The number of aryl methyl sites for hydroxylation is 1. The quantitative estimate of drug-likeness (QED) is 0.387. The number of benzene rings is 3. The van der Waals surface area contributed by atoms with Crippen LogP contribution in [0.5, 0.6) is 0 Å². The second-order valence-electron chi connectivity index (χ2n) is 8.36. The van der Waals surface area contributed by atoms with Gasteiger partial charge >= 0.3 is 0 Å². The Hall–Kier alpha value is -3.42. The fraction of sp³-hybridized carbons (Fsp3) is 0.154. The summed E-state index contributed by atoms with van der Waals surface area (Å²) in [6.45, 7) is 2.00. The minimum atomic E-state index is -0.889. The molecule has 0 unspecified atom stereocenters. The van der Waals surface area contributed by atoms with Crippen LogP contribution in [-0.4, -0.2) is 22.9 Å². The smallest absolute Gasteiger partial charge is 0.266 e. The van der Waals surface area contributed by atoms with Gasteiger partial charge < -0.3 is 4.98 Å². The van der Waals surface area contributed by atoms with Crippen LogP contribution in [0, 0.1) is 12.8 Å². The third-order valence-corrected chi connectivity index (χ3v) is 6.98. The van der Waals surface area contributed by atoms with Crippen LogP contribution in [0.25, 0.3) is 10.9 Å². The van der Waals surface area contributed by atoms with Crippen molar-refractivity contribution in [2.75, 3.05) is 9.96 Å². The molecule has 6 nitrogen and oxygen atoms in total. The molecule has 2 fully saturated rings. The molecular formula is C26H20BrN3O3. The van der Waals surface area contributed by atoms with Gasteiger partial charge in [-0.15, -0.1) is 0 Å². The van der Waals surface area contributed by atoms with E-state index in [9.17, 15) is 9.59 Å². The first-order chi connectivity index (χ1) is 16.0. The summed E-state index contributed by atoms with van der Waals surface area (Å²) in [6.07, 6.45) is -0.889. The van der Waals surface area contributed by atoms with E-state index < -0.39 is 18.1 Å². The summed E-state index contributed by atoms with van der Waals surface area (Å²) in [7, 11) is 0. The molecule has 4 aromatic rings. The maximum Gasteiger partial charge on any atom is 0.266 e. The molecule has 7 heteroatoms. The van der Waals surface area contributed by atoms with E-state index in [0.29, 0.717) is 5.69 Å². The Bertz CT molecular complexity index is 1380. The number of aromatic nitrogens is 1. The number of imide groups is 1. The van der Waals surface area contributed by atoms with E-state index in [4.69, 9.17) is 4.84 Å². The van der Waals surface area contributed by atoms with Crippen LogP contribution >= 0.6 is 15.9 Å². The summed E-state index contributed by atoms with van der Waals surface area (Å²) in [6, 6.07) is 24.4. The standard InChI is InChI=1S/C26H20BrN3O3/c1-15-21(19-9-5-6-10-20(19)28-15)23-22-24(33-30(23)18-7-3-2-4-8-18)26(32)29(25(22)31)17-13-11-16(27)12-14-17/h2-14,22-24,28H,1H3/t22-,23-,24+/m1/s1. The number of nitrogens with one attached hydrogen (secondary N) is 1. The van der Waals surface area contributed by atoms with Crippen molar-refractivity contribution >= 4 is 50.0 Å². The van der Waals surface area contributed by atoms with Crippen LogP contribution in [0.1, 0.15) is 17.3 Å². The zero-order valence-corrected chi connectivity index (χ0v) is 19.3. The van der Waals surface area contributed by atoms with E-state index in [-0.39, 0.29) is 11.8 Å². The van der Waals surface area contributed by atoms with Gasteiger partial charge in [0, 0.05) is 26.6 Å². The molecular weight excluding hydrogens is 482 g/mol. The minimum Gasteiger partial charge on any atom is -0.358 e. The molecule has 0 saturated carbocycles. The van der Waals surface area contributed by atoms with Gasteiger partial charge in [0.2, 0.25) is 5.91 Å². The first-order valence-corrected chi connectivity index (χ1v) is 11.6. The number of hydrogen-bond acceptors (Lipinski definition) is 4. The summed E-state index contributed by atoms with van der Waals surface area (Å²) < 4.78 is 0.879. The van der Waals surface area contributed by atoms with Gasteiger partial charge in [-0.05, 0) is 49.4 Å². The Morgan fingerprint density at radius 3 is 2.30 bits per heavy atom. The molecule has 3 aromatic carbocycles. The molecule has 6 rings (SSSR count). The molecule has 1 N–H and O–H groups in total. The van der Waals surface area contributed by atoms with Gasteiger partial charge in [0.1, 0.15) is 5.92 Å². The van der Waals surface area contributed by atoms with Crippen molar-refractivity contribution in [1.29, 1.82) is 0 Å². The van der Waals surface area contributed by atoms with Crippen LogP contribution in [0.3, 0.4) is 0 Å². The number of fused-ring (bicyclic) bond motifs is 2. The van der Waals surface area contributed by atoms with Crippen molar-refractivity contribution in [1.82, 2.24) is 4.98 Å². The zero-order chi connectivity index (χ0) is 22.7. The Kier molecular flexibility index (Phi) is 4.64. The van der Waals surface area contributed by atoms with Gasteiger partial charge in [-0.2, -0.15) is 0 Å². The molecule has 3 atom stereocenters. The van der Waals surface area contributed by atoms with Crippen LogP contribution in [0.2, 0.25) is 0 Å². The van der Waals surface area contributed by atoms with Crippen molar-refractivity contribution in [2.45, 2.75) is 19.1 Å². The Balaban J connectivity index is 1.51. The average Bonchev–Trinajstić information content (AvgIpc) is 3.44. The summed E-state index contributed by atoms with van der Waals surface area (Å²) in [4.78, 5) is 38.2. The third-order valence-electron chi connectivity index (χ3n) is 6.45. The number of H-pyrrole nitrogens is 1. The number of carbonyl (C=O) groups is 2. The maximum atomic E-state index is 13.8. The van der Waals surface area contributed by atoms with Gasteiger partial charge in [-0.25, -0.2) is 9.96 Å². The molecule has 2 saturated heterocycles. The van der Waals surface area contributed by atoms with Crippen LogP contribution in [0.4, 0.5) is 11.4 Å². The summed E-state index contributed by atoms with van der Waals surface area (Å²) in [5.41, 5.74) is 4.27. The lowest BCUT2D eigenvalue weighted by atomic mass is 9.89. The average molecular weight is 502 g/mol. The summed E-state index contributed by atoms with van der Waals surface area (Å²) in [5, 5.41) is 2.76. The number of amides is 2. The second kappa shape index (κ2) is 7.57. The lowest BCUT2D eigenvalue weighted by Gasteiger charge is -2.29. The normalized spacial score (nSPS) is 22.4. The fourth-order valence-corrected chi connectivity index (χ4v) is 5.29. The number of hydrogen-bond donors (Lipinski definition) is 1. The Morgan fingerprint density at radius 2 is 1.55 bits per heavy atom. The third kappa shape index (κ3) is 3.03. The molecule has 0 aliphatic carbocycles. The molecule has 2 amide bonds. The molecule has 164 valence electrons. The molecule has 0 bridgehead atoms. The number of halogens is 1. The highest BCUT2D eigenvalue weighted by Crippen LogP contribution is 2.49. The highest BCUT2D eigenvalue weighted by Gasteiger charge is 2.60. The van der Waals surface area contributed by atoms with Gasteiger partial charge in [0.05, 0.1) is 17.4 Å². The molecule has 2 aliphatic rings. The number of aromatic amines is 1. The lowest BCUT2D eigenvalue weighted by Crippen LogP contribution is -2.37. The molecule has 3 heterocycles. The maximum absolute atomic E-state index is 13.8. The van der Waals surface area contributed by atoms with Crippen molar-refractivity contribution in [2.24, 2.45) is 5.92 Å². The van der Waals surface area contributed by atoms with Gasteiger partial charge in [-0.3, -0.25) is 14.4 Å². The molecule has 33 heavy (non-hydrogen) atoms. The van der Waals surface area contributed by atoms with E-state index in [1.54, 1.807) is 17.2 Å². The monoisotopic (exact) mass is 501 g/mol. The SMILES string of the molecule is Cc1[nH]c2ccccc2c1[C@@H]1[C@H]2C(=O)N(c3ccc(Br)cc3)C(=O)[C@H]2ON1c1ccccc1. The van der Waals surface area contributed by atoms with Crippen LogP contribution < -0.4 is 9.96 Å². The predicted molar refractivity (Wildman–Crippen MR) is 130 cm³/mol. The summed E-state index contributed by atoms with van der Waals surface area (Å²) in [5.74, 6) is -1.26. The van der Waals surface area contributed by atoms with Gasteiger partial charge in [-0.1, -0.05) is 52.3 Å². The largest absolute Gasteiger partial charge is 0.358 e. The van der Waals surface area contributed by atoms with E-state index >= 15 is 0 Å².